The van der Waals surface area contributed by atoms with Crippen molar-refractivity contribution < 1.29 is 9.53 Å². The molecule has 1 aromatic carbocycles. The van der Waals surface area contributed by atoms with Crippen LogP contribution in [0.2, 0.25) is 0 Å². The second-order valence-electron chi connectivity index (χ2n) is 6.68. The molecule has 0 spiro atoms. The number of hydrogen-bond donors (Lipinski definition) is 1. The number of nitrogens with zero attached hydrogens (tertiary/aromatic N) is 3. The van der Waals surface area contributed by atoms with E-state index in [-0.39, 0.29) is 11.9 Å². The summed E-state index contributed by atoms with van der Waals surface area (Å²) in [7, 11) is 0. The van der Waals surface area contributed by atoms with Crippen LogP contribution in [0.25, 0.3) is 11.4 Å². The van der Waals surface area contributed by atoms with Crippen molar-refractivity contribution in [3.63, 3.8) is 0 Å². The minimum Gasteiger partial charge on any atom is -0.378 e. The molecule has 0 bridgehead atoms. The highest BCUT2D eigenvalue weighted by Gasteiger charge is 2.22. The molecule has 1 aliphatic rings. The maximum atomic E-state index is 12.7. The van der Waals surface area contributed by atoms with Gasteiger partial charge >= 0.3 is 0 Å². The molecule has 6 heteroatoms. The van der Waals surface area contributed by atoms with Crippen LogP contribution in [0.5, 0.6) is 0 Å². The molecule has 1 saturated heterocycles. The summed E-state index contributed by atoms with van der Waals surface area (Å²) in [6, 6.07) is 8.20. The number of carbonyl (C=O) groups excluding carboxylic acids is 1. The van der Waals surface area contributed by atoms with Gasteiger partial charge in [-0.2, -0.15) is 0 Å². The van der Waals surface area contributed by atoms with Crippen LogP contribution in [0.1, 0.15) is 36.2 Å². The first-order valence-corrected chi connectivity index (χ1v) is 9.16. The topological polar surface area (TPSA) is 67.4 Å². The van der Waals surface area contributed by atoms with Crippen LogP contribution in [0.15, 0.2) is 30.5 Å². The van der Waals surface area contributed by atoms with E-state index in [4.69, 9.17) is 9.72 Å². The van der Waals surface area contributed by atoms with Crippen molar-refractivity contribution in [2.24, 2.45) is 0 Å². The molecule has 1 atom stereocenters. The van der Waals surface area contributed by atoms with Crippen LogP contribution in [0, 0.1) is 6.92 Å². The number of morpholine rings is 1. The monoisotopic (exact) mass is 354 g/mol. The van der Waals surface area contributed by atoms with E-state index in [0.29, 0.717) is 43.5 Å². The van der Waals surface area contributed by atoms with Crippen molar-refractivity contribution in [2.45, 2.75) is 33.2 Å². The molecule has 0 aliphatic carbocycles. The van der Waals surface area contributed by atoms with Crippen molar-refractivity contribution in [1.29, 1.82) is 0 Å². The zero-order valence-corrected chi connectivity index (χ0v) is 15.7. The molecule has 0 radical (unpaired) electrons. The fourth-order valence-electron chi connectivity index (χ4n) is 2.79. The number of rotatable bonds is 5. The molecule has 1 aromatic heterocycles. The third-order valence-electron chi connectivity index (χ3n) is 4.62. The smallest absolute Gasteiger partial charge is 0.256 e. The molecule has 1 N–H and O–H groups in total. The average molecular weight is 354 g/mol. The van der Waals surface area contributed by atoms with Gasteiger partial charge in [-0.15, -0.1) is 0 Å². The molecule has 0 saturated carbocycles. The van der Waals surface area contributed by atoms with Gasteiger partial charge in [0, 0.05) is 30.9 Å². The molecule has 2 aromatic rings. The molecule has 6 nitrogen and oxygen atoms in total. The number of carbonyl (C=O) groups is 1. The quantitative estimate of drug-likeness (QED) is 0.894. The van der Waals surface area contributed by atoms with E-state index in [0.717, 1.165) is 12.0 Å². The van der Waals surface area contributed by atoms with Gasteiger partial charge in [0.25, 0.3) is 5.91 Å². The second kappa shape index (κ2) is 8.27. The Labute approximate surface area is 154 Å². The first-order valence-electron chi connectivity index (χ1n) is 9.16. The van der Waals surface area contributed by atoms with Gasteiger partial charge in [-0.25, -0.2) is 9.97 Å². The second-order valence-corrected chi connectivity index (χ2v) is 6.68. The third-order valence-corrected chi connectivity index (χ3v) is 4.62. The summed E-state index contributed by atoms with van der Waals surface area (Å²) >= 11 is 0. The molecule has 2 heterocycles. The van der Waals surface area contributed by atoms with E-state index in [1.54, 1.807) is 6.20 Å². The van der Waals surface area contributed by atoms with Crippen LogP contribution in [0.4, 0.5) is 5.82 Å². The Morgan fingerprint density at radius 3 is 2.62 bits per heavy atom. The highest BCUT2D eigenvalue weighted by molar-refractivity contribution is 5.99. The van der Waals surface area contributed by atoms with E-state index >= 15 is 0 Å². The molecular weight excluding hydrogens is 328 g/mol. The van der Waals surface area contributed by atoms with Gasteiger partial charge in [0.2, 0.25) is 0 Å². The van der Waals surface area contributed by atoms with Gasteiger partial charge in [0.15, 0.2) is 5.82 Å². The van der Waals surface area contributed by atoms with Crippen molar-refractivity contribution in [1.82, 2.24) is 15.3 Å². The van der Waals surface area contributed by atoms with Gasteiger partial charge in [0.05, 0.1) is 13.2 Å². The Balaban J connectivity index is 1.97. The minimum absolute atomic E-state index is 0.108. The van der Waals surface area contributed by atoms with Crippen molar-refractivity contribution >= 4 is 11.7 Å². The maximum absolute atomic E-state index is 12.7. The minimum atomic E-state index is -0.128. The largest absolute Gasteiger partial charge is 0.378 e. The summed E-state index contributed by atoms with van der Waals surface area (Å²) in [6.07, 6.45) is 2.52. The van der Waals surface area contributed by atoms with Gasteiger partial charge in [-0.1, -0.05) is 36.8 Å². The van der Waals surface area contributed by atoms with Crippen LogP contribution in [-0.2, 0) is 4.74 Å². The lowest BCUT2D eigenvalue weighted by Gasteiger charge is -2.29. The summed E-state index contributed by atoms with van der Waals surface area (Å²) in [6.45, 7) is 8.79. The predicted molar refractivity (Wildman–Crippen MR) is 102 cm³/mol. The number of aryl methyl sites for hydroxylation is 1. The number of ether oxygens (including phenoxy) is 1. The van der Waals surface area contributed by atoms with Gasteiger partial charge in [-0.3, -0.25) is 4.79 Å². The lowest BCUT2D eigenvalue weighted by atomic mass is 10.1. The van der Waals surface area contributed by atoms with Crippen molar-refractivity contribution in [3.8, 4) is 11.4 Å². The van der Waals surface area contributed by atoms with E-state index < -0.39 is 0 Å². The first kappa shape index (κ1) is 18.3. The molecule has 138 valence electrons. The van der Waals surface area contributed by atoms with Gasteiger partial charge < -0.3 is 15.0 Å². The Morgan fingerprint density at radius 1 is 1.27 bits per heavy atom. The fourth-order valence-corrected chi connectivity index (χ4v) is 2.79. The summed E-state index contributed by atoms with van der Waals surface area (Å²) in [5, 5.41) is 3.02. The lowest BCUT2D eigenvalue weighted by molar-refractivity contribution is 0.0937. The highest BCUT2D eigenvalue weighted by atomic mass is 16.5. The number of nitrogens with one attached hydrogen (secondary N) is 1. The highest BCUT2D eigenvalue weighted by Crippen LogP contribution is 2.23. The lowest BCUT2D eigenvalue weighted by Crippen LogP contribution is -2.39. The molecule has 0 unspecified atom stereocenters. The van der Waals surface area contributed by atoms with E-state index in [2.05, 4.69) is 15.2 Å². The molecule has 26 heavy (non-hydrogen) atoms. The average Bonchev–Trinajstić information content (AvgIpc) is 2.68. The molecule has 1 aliphatic heterocycles. The Morgan fingerprint density at radius 2 is 1.96 bits per heavy atom. The zero-order valence-electron chi connectivity index (χ0n) is 15.7. The first-order chi connectivity index (χ1) is 12.6. The van der Waals surface area contributed by atoms with E-state index in [1.165, 1.54) is 5.56 Å². The standard InChI is InChI=1S/C20H26N4O2/c1-4-15(3)22-20(25)17-13-21-18(16-7-5-14(2)6-8-16)23-19(17)24-9-11-26-12-10-24/h5-8,13,15H,4,9-12H2,1-3H3,(H,22,25)/t15-/m0/s1. The third kappa shape index (κ3) is 4.19. The van der Waals surface area contributed by atoms with E-state index in [9.17, 15) is 4.79 Å². The van der Waals surface area contributed by atoms with Crippen LogP contribution in [0.3, 0.4) is 0 Å². The number of amides is 1. The number of benzene rings is 1. The van der Waals surface area contributed by atoms with E-state index in [1.807, 2.05) is 45.0 Å². The molecule has 1 amide bonds. The van der Waals surface area contributed by atoms with Crippen LogP contribution in [-0.4, -0.2) is 48.2 Å². The van der Waals surface area contributed by atoms with Crippen molar-refractivity contribution in [3.05, 3.63) is 41.6 Å². The van der Waals surface area contributed by atoms with Gasteiger partial charge in [0.1, 0.15) is 11.4 Å². The summed E-state index contributed by atoms with van der Waals surface area (Å²) in [5.41, 5.74) is 2.65. The maximum Gasteiger partial charge on any atom is 0.256 e. The number of aromatic nitrogens is 2. The number of hydrogen-bond acceptors (Lipinski definition) is 5. The fraction of sp³-hybridized carbons (Fsp3) is 0.450. The van der Waals surface area contributed by atoms with Crippen LogP contribution < -0.4 is 10.2 Å². The summed E-state index contributed by atoms with van der Waals surface area (Å²) in [5.74, 6) is 1.18. The normalized spacial score (nSPS) is 15.6. The van der Waals surface area contributed by atoms with Crippen LogP contribution >= 0.6 is 0 Å². The summed E-state index contributed by atoms with van der Waals surface area (Å²) in [4.78, 5) is 24.0. The van der Waals surface area contributed by atoms with Crippen molar-refractivity contribution in [2.75, 3.05) is 31.2 Å². The summed E-state index contributed by atoms with van der Waals surface area (Å²) < 4.78 is 5.45. The predicted octanol–water partition coefficient (Wildman–Crippen LogP) is 2.82. The molecule has 3 rings (SSSR count). The SMILES string of the molecule is CC[C@H](C)NC(=O)c1cnc(-c2ccc(C)cc2)nc1N1CCOCC1. The zero-order chi connectivity index (χ0) is 18.5. The Kier molecular flexibility index (Phi) is 5.83. The Hall–Kier alpha value is -2.47. The number of anilines is 1. The Bertz CT molecular complexity index is 755. The molecular formula is C20H26N4O2. The molecule has 1 fully saturated rings. The van der Waals surface area contributed by atoms with Gasteiger partial charge in [-0.05, 0) is 20.3 Å².